The molecule has 0 aromatic heterocycles. The Morgan fingerprint density at radius 3 is 2.10 bits per heavy atom. The van der Waals surface area contributed by atoms with Crippen molar-refractivity contribution in [2.45, 2.75) is 13.8 Å². The van der Waals surface area contributed by atoms with Gasteiger partial charge < -0.3 is 24.3 Å². The number of benzene rings is 1. The van der Waals surface area contributed by atoms with Crippen molar-refractivity contribution in [3.63, 3.8) is 0 Å². The van der Waals surface area contributed by atoms with Crippen LogP contribution in [0.2, 0.25) is 0 Å². The molecule has 0 amide bonds. The molecule has 0 aliphatic heterocycles. The standard InChI is InChI=1S/C15H25NO4/c1-6-16-9-11(2)10-20-12-7-13(17-3)15(19-5)14(8-12)18-4/h7-8,11,16H,6,9-10H2,1-5H3. The molecule has 1 aromatic carbocycles. The van der Waals surface area contributed by atoms with E-state index in [0.717, 1.165) is 13.1 Å². The van der Waals surface area contributed by atoms with Gasteiger partial charge in [-0.1, -0.05) is 13.8 Å². The summed E-state index contributed by atoms with van der Waals surface area (Å²) >= 11 is 0. The maximum absolute atomic E-state index is 5.79. The van der Waals surface area contributed by atoms with Crippen molar-refractivity contribution in [3.05, 3.63) is 12.1 Å². The summed E-state index contributed by atoms with van der Waals surface area (Å²) in [6.07, 6.45) is 0. The van der Waals surface area contributed by atoms with E-state index in [1.54, 1.807) is 33.5 Å². The van der Waals surface area contributed by atoms with Gasteiger partial charge in [-0.2, -0.15) is 0 Å². The van der Waals surface area contributed by atoms with Gasteiger partial charge in [-0.25, -0.2) is 0 Å². The molecule has 0 aliphatic rings. The van der Waals surface area contributed by atoms with E-state index in [4.69, 9.17) is 18.9 Å². The van der Waals surface area contributed by atoms with Crippen molar-refractivity contribution in [1.82, 2.24) is 5.32 Å². The minimum absolute atomic E-state index is 0.425. The largest absolute Gasteiger partial charge is 0.493 e. The van der Waals surface area contributed by atoms with Gasteiger partial charge in [0.15, 0.2) is 11.5 Å². The molecule has 0 aliphatic carbocycles. The average Bonchev–Trinajstić information content (AvgIpc) is 2.49. The van der Waals surface area contributed by atoms with E-state index >= 15 is 0 Å². The number of rotatable bonds is 9. The molecule has 0 bridgehead atoms. The Morgan fingerprint density at radius 2 is 1.65 bits per heavy atom. The van der Waals surface area contributed by atoms with Crippen LogP contribution in [0.15, 0.2) is 12.1 Å². The van der Waals surface area contributed by atoms with Crippen LogP contribution in [-0.2, 0) is 0 Å². The zero-order valence-electron chi connectivity index (χ0n) is 13.0. The third-order valence-corrected chi connectivity index (χ3v) is 2.92. The van der Waals surface area contributed by atoms with E-state index in [9.17, 15) is 0 Å². The second-order valence-corrected chi connectivity index (χ2v) is 4.58. The molecule has 0 spiro atoms. The summed E-state index contributed by atoms with van der Waals surface area (Å²) in [6.45, 7) is 6.76. The first kappa shape index (κ1) is 16.4. The van der Waals surface area contributed by atoms with Gasteiger partial charge in [0.25, 0.3) is 0 Å². The van der Waals surface area contributed by atoms with Crippen LogP contribution in [0.25, 0.3) is 0 Å². The lowest BCUT2D eigenvalue weighted by Gasteiger charge is -2.16. The van der Waals surface area contributed by atoms with E-state index in [0.29, 0.717) is 35.5 Å². The summed E-state index contributed by atoms with van der Waals surface area (Å²) < 4.78 is 21.7. The highest BCUT2D eigenvalue weighted by Gasteiger charge is 2.14. The second-order valence-electron chi connectivity index (χ2n) is 4.58. The molecule has 0 saturated carbocycles. The molecule has 1 N–H and O–H groups in total. The lowest BCUT2D eigenvalue weighted by molar-refractivity contribution is 0.251. The summed E-state index contributed by atoms with van der Waals surface area (Å²) in [5.74, 6) is 2.90. The van der Waals surface area contributed by atoms with Gasteiger partial charge in [0, 0.05) is 24.6 Å². The van der Waals surface area contributed by atoms with E-state index in [1.165, 1.54) is 0 Å². The molecular weight excluding hydrogens is 258 g/mol. The maximum Gasteiger partial charge on any atom is 0.203 e. The lowest BCUT2D eigenvalue weighted by Crippen LogP contribution is -2.24. The molecule has 114 valence electrons. The van der Waals surface area contributed by atoms with Gasteiger partial charge in [0.1, 0.15) is 5.75 Å². The Bertz CT molecular complexity index is 384. The molecule has 5 heteroatoms. The SMILES string of the molecule is CCNCC(C)COc1cc(OC)c(OC)c(OC)c1. The van der Waals surface area contributed by atoms with E-state index in [1.807, 2.05) is 0 Å². The molecule has 1 unspecified atom stereocenters. The molecule has 0 saturated heterocycles. The van der Waals surface area contributed by atoms with Crippen LogP contribution in [0.4, 0.5) is 0 Å². The van der Waals surface area contributed by atoms with Crippen LogP contribution < -0.4 is 24.3 Å². The van der Waals surface area contributed by atoms with Crippen LogP contribution in [0, 0.1) is 5.92 Å². The highest BCUT2D eigenvalue weighted by molar-refractivity contribution is 5.55. The van der Waals surface area contributed by atoms with E-state index in [2.05, 4.69) is 19.2 Å². The summed E-state index contributed by atoms with van der Waals surface area (Å²) in [7, 11) is 4.77. The highest BCUT2D eigenvalue weighted by atomic mass is 16.5. The topological polar surface area (TPSA) is 49.0 Å². The van der Waals surface area contributed by atoms with Crippen molar-refractivity contribution in [1.29, 1.82) is 0 Å². The fourth-order valence-electron chi connectivity index (χ4n) is 1.83. The van der Waals surface area contributed by atoms with Crippen LogP contribution in [-0.4, -0.2) is 41.0 Å². The van der Waals surface area contributed by atoms with Crippen molar-refractivity contribution < 1.29 is 18.9 Å². The van der Waals surface area contributed by atoms with Crippen molar-refractivity contribution >= 4 is 0 Å². The maximum atomic E-state index is 5.79. The second kappa shape index (κ2) is 8.53. The Morgan fingerprint density at radius 1 is 1.05 bits per heavy atom. The molecular formula is C15H25NO4. The molecule has 5 nitrogen and oxygen atoms in total. The Kier molecular flexibility index (Phi) is 7.01. The number of ether oxygens (including phenoxy) is 4. The molecule has 0 heterocycles. The van der Waals surface area contributed by atoms with Gasteiger partial charge in [-0.3, -0.25) is 0 Å². The normalized spacial score (nSPS) is 11.8. The van der Waals surface area contributed by atoms with Gasteiger partial charge in [-0.15, -0.1) is 0 Å². The monoisotopic (exact) mass is 283 g/mol. The predicted octanol–water partition coefficient (Wildman–Crippen LogP) is 2.34. The molecule has 20 heavy (non-hydrogen) atoms. The fourth-order valence-corrected chi connectivity index (χ4v) is 1.83. The van der Waals surface area contributed by atoms with E-state index < -0.39 is 0 Å². The van der Waals surface area contributed by atoms with Gasteiger partial charge in [-0.05, 0) is 6.54 Å². The highest BCUT2D eigenvalue weighted by Crippen LogP contribution is 2.40. The Hall–Kier alpha value is -1.62. The zero-order valence-corrected chi connectivity index (χ0v) is 13.0. The quantitative estimate of drug-likeness (QED) is 0.754. The molecule has 1 atom stereocenters. The van der Waals surface area contributed by atoms with Gasteiger partial charge in [0.2, 0.25) is 5.75 Å². The summed E-state index contributed by atoms with van der Waals surface area (Å²) in [5, 5.41) is 3.30. The fraction of sp³-hybridized carbons (Fsp3) is 0.600. The number of hydrogen-bond acceptors (Lipinski definition) is 5. The van der Waals surface area contributed by atoms with Crippen molar-refractivity contribution in [2.24, 2.45) is 5.92 Å². The summed E-state index contributed by atoms with van der Waals surface area (Å²) in [6, 6.07) is 3.61. The minimum Gasteiger partial charge on any atom is -0.493 e. The van der Waals surface area contributed by atoms with E-state index in [-0.39, 0.29) is 0 Å². The first-order valence-corrected chi connectivity index (χ1v) is 6.79. The van der Waals surface area contributed by atoms with Crippen molar-refractivity contribution in [3.8, 4) is 23.0 Å². The number of nitrogens with one attached hydrogen (secondary N) is 1. The smallest absolute Gasteiger partial charge is 0.203 e. The first-order valence-electron chi connectivity index (χ1n) is 6.79. The number of methoxy groups -OCH3 is 3. The summed E-state index contributed by atoms with van der Waals surface area (Å²) in [5.41, 5.74) is 0. The third kappa shape index (κ3) is 4.49. The predicted molar refractivity (Wildman–Crippen MR) is 79.3 cm³/mol. The summed E-state index contributed by atoms with van der Waals surface area (Å²) in [4.78, 5) is 0. The van der Waals surface area contributed by atoms with Crippen LogP contribution in [0.5, 0.6) is 23.0 Å². The zero-order chi connectivity index (χ0) is 15.0. The molecule has 1 rings (SSSR count). The molecule has 1 aromatic rings. The number of hydrogen-bond donors (Lipinski definition) is 1. The van der Waals surface area contributed by atoms with Crippen LogP contribution in [0.3, 0.4) is 0 Å². The molecule has 0 fully saturated rings. The Labute approximate surface area is 121 Å². The van der Waals surface area contributed by atoms with Gasteiger partial charge in [0.05, 0.1) is 27.9 Å². The van der Waals surface area contributed by atoms with Crippen LogP contribution >= 0.6 is 0 Å². The minimum atomic E-state index is 0.425. The van der Waals surface area contributed by atoms with Gasteiger partial charge >= 0.3 is 0 Å². The van der Waals surface area contributed by atoms with Crippen molar-refractivity contribution in [2.75, 3.05) is 41.0 Å². The first-order chi connectivity index (χ1) is 9.65. The molecule has 0 radical (unpaired) electrons. The lowest BCUT2D eigenvalue weighted by atomic mass is 10.2. The van der Waals surface area contributed by atoms with Crippen LogP contribution in [0.1, 0.15) is 13.8 Å². The third-order valence-electron chi connectivity index (χ3n) is 2.92. The average molecular weight is 283 g/mol. The Balaban J connectivity index is 2.75.